The van der Waals surface area contributed by atoms with Crippen LogP contribution in [0.2, 0.25) is 0 Å². The molecule has 0 N–H and O–H groups in total. The van der Waals surface area contributed by atoms with Gasteiger partial charge < -0.3 is 4.40 Å². The van der Waals surface area contributed by atoms with Crippen molar-refractivity contribution in [1.29, 1.82) is 0 Å². The number of hydrogen-bond acceptors (Lipinski definition) is 1. The van der Waals surface area contributed by atoms with E-state index in [2.05, 4.69) is 67.8 Å². The first-order valence-electron chi connectivity index (χ1n) is 6.73. The Morgan fingerprint density at radius 1 is 1.05 bits per heavy atom. The lowest BCUT2D eigenvalue weighted by Crippen LogP contribution is -1.88. The molecule has 2 heterocycles. The third-order valence-electron chi connectivity index (χ3n) is 3.66. The van der Waals surface area contributed by atoms with E-state index in [4.69, 9.17) is 4.98 Å². The second-order valence-electron chi connectivity index (χ2n) is 5.03. The highest BCUT2D eigenvalue weighted by Gasteiger charge is 2.10. The van der Waals surface area contributed by atoms with E-state index in [1.807, 2.05) is 0 Å². The Hall–Kier alpha value is -2.09. The Kier molecular flexibility index (Phi) is 2.86. The normalized spacial score (nSPS) is 11.1. The second-order valence-corrected chi connectivity index (χ2v) is 5.03. The van der Waals surface area contributed by atoms with Gasteiger partial charge in [-0.25, -0.2) is 4.98 Å². The molecule has 0 amide bonds. The molecule has 0 aliphatic carbocycles. The predicted molar refractivity (Wildman–Crippen MR) is 79.5 cm³/mol. The van der Waals surface area contributed by atoms with E-state index in [0.717, 1.165) is 17.8 Å². The molecular weight excluding hydrogens is 232 g/mol. The molecule has 0 aliphatic heterocycles. The number of aryl methyl sites for hydroxylation is 3. The lowest BCUT2D eigenvalue weighted by Gasteiger charge is -2.01. The highest BCUT2D eigenvalue weighted by Crippen LogP contribution is 2.24. The Morgan fingerprint density at radius 2 is 1.79 bits per heavy atom. The lowest BCUT2D eigenvalue weighted by atomic mass is 10.1. The van der Waals surface area contributed by atoms with Crippen molar-refractivity contribution in [1.82, 2.24) is 9.38 Å². The molecule has 0 radical (unpaired) electrons. The molecule has 96 valence electrons. The summed E-state index contributed by atoms with van der Waals surface area (Å²) in [6.07, 6.45) is 3.17. The summed E-state index contributed by atoms with van der Waals surface area (Å²) in [6, 6.07) is 12.9. The van der Waals surface area contributed by atoms with Crippen LogP contribution in [-0.2, 0) is 6.42 Å². The van der Waals surface area contributed by atoms with Gasteiger partial charge in [0.1, 0.15) is 5.65 Å². The maximum Gasteiger partial charge on any atom is 0.137 e. The number of hydrogen-bond donors (Lipinski definition) is 0. The fourth-order valence-corrected chi connectivity index (χ4v) is 2.44. The first-order valence-corrected chi connectivity index (χ1v) is 6.73. The summed E-state index contributed by atoms with van der Waals surface area (Å²) in [5, 5.41) is 0. The average Bonchev–Trinajstić information content (AvgIpc) is 2.75. The summed E-state index contributed by atoms with van der Waals surface area (Å²) < 4.78 is 2.15. The van der Waals surface area contributed by atoms with Gasteiger partial charge in [-0.2, -0.15) is 0 Å². The maximum absolute atomic E-state index is 4.76. The Bertz CT molecular complexity index is 721. The second kappa shape index (κ2) is 4.54. The van der Waals surface area contributed by atoms with Gasteiger partial charge in [-0.05, 0) is 43.5 Å². The van der Waals surface area contributed by atoms with Crippen LogP contribution >= 0.6 is 0 Å². The summed E-state index contributed by atoms with van der Waals surface area (Å²) >= 11 is 0. The van der Waals surface area contributed by atoms with Gasteiger partial charge in [0.25, 0.3) is 0 Å². The molecule has 0 aliphatic rings. The van der Waals surface area contributed by atoms with Crippen molar-refractivity contribution in [2.45, 2.75) is 27.2 Å². The minimum Gasteiger partial charge on any atom is -0.304 e. The Balaban J connectivity index is 2.15. The molecule has 0 saturated heterocycles. The lowest BCUT2D eigenvalue weighted by molar-refractivity contribution is 1.10. The first-order chi connectivity index (χ1) is 9.19. The van der Waals surface area contributed by atoms with E-state index in [1.54, 1.807) is 0 Å². The van der Waals surface area contributed by atoms with Gasteiger partial charge in [-0.3, -0.25) is 0 Å². The monoisotopic (exact) mass is 250 g/mol. The number of nitrogens with zero attached hydrogens (tertiary/aromatic N) is 2. The van der Waals surface area contributed by atoms with Gasteiger partial charge in [0.05, 0.1) is 5.69 Å². The summed E-state index contributed by atoms with van der Waals surface area (Å²) in [5.41, 5.74) is 7.09. The van der Waals surface area contributed by atoms with Crippen LogP contribution in [0.1, 0.15) is 23.7 Å². The summed E-state index contributed by atoms with van der Waals surface area (Å²) in [7, 11) is 0. The number of rotatable bonds is 2. The molecule has 0 unspecified atom stereocenters. The van der Waals surface area contributed by atoms with Crippen LogP contribution in [0, 0.1) is 13.8 Å². The van der Waals surface area contributed by atoms with E-state index in [0.29, 0.717) is 0 Å². The maximum atomic E-state index is 4.76. The molecule has 3 rings (SSSR count). The van der Waals surface area contributed by atoms with Gasteiger partial charge >= 0.3 is 0 Å². The summed E-state index contributed by atoms with van der Waals surface area (Å²) in [5.74, 6) is 0. The minimum atomic E-state index is 1.02. The number of aromatic nitrogens is 2. The number of benzene rings is 1. The van der Waals surface area contributed by atoms with Crippen LogP contribution in [0.4, 0.5) is 0 Å². The van der Waals surface area contributed by atoms with Crippen molar-refractivity contribution in [2.24, 2.45) is 0 Å². The minimum absolute atomic E-state index is 1.02. The van der Waals surface area contributed by atoms with Crippen LogP contribution < -0.4 is 0 Å². The molecule has 0 fully saturated rings. The van der Waals surface area contributed by atoms with Gasteiger partial charge in [-0.15, -0.1) is 0 Å². The number of fused-ring (bicyclic) bond motifs is 1. The Morgan fingerprint density at radius 3 is 2.47 bits per heavy atom. The topological polar surface area (TPSA) is 17.3 Å². The summed E-state index contributed by atoms with van der Waals surface area (Å²) in [4.78, 5) is 4.76. The third kappa shape index (κ3) is 2.03. The van der Waals surface area contributed by atoms with E-state index >= 15 is 0 Å². The van der Waals surface area contributed by atoms with E-state index < -0.39 is 0 Å². The van der Waals surface area contributed by atoms with Gasteiger partial charge in [0.15, 0.2) is 0 Å². The average molecular weight is 250 g/mol. The standard InChI is InChI=1S/C17H18N2/c1-4-14-5-7-15(8-6-14)17-13(3)19-10-9-12(2)11-16(19)18-17/h5-11H,4H2,1-3H3. The molecule has 3 aromatic rings. The molecule has 0 atom stereocenters. The highest BCUT2D eigenvalue weighted by atomic mass is 15.0. The fraction of sp³-hybridized carbons (Fsp3) is 0.235. The molecule has 0 saturated carbocycles. The van der Waals surface area contributed by atoms with Crippen LogP contribution in [0.5, 0.6) is 0 Å². The van der Waals surface area contributed by atoms with Crippen LogP contribution in [0.3, 0.4) is 0 Å². The first kappa shape index (κ1) is 12.0. The third-order valence-corrected chi connectivity index (χ3v) is 3.66. The van der Waals surface area contributed by atoms with Crippen molar-refractivity contribution in [3.63, 3.8) is 0 Å². The molecule has 19 heavy (non-hydrogen) atoms. The van der Waals surface area contributed by atoms with Crippen molar-refractivity contribution in [3.05, 3.63) is 59.4 Å². The zero-order chi connectivity index (χ0) is 13.4. The molecular formula is C17H18N2. The van der Waals surface area contributed by atoms with Crippen molar-refractivity contribution < 1.29 is 0 Å². The number of pyridine rings is 1. The van der Waals surface area contributed by atoms with Crippen LogP contribution in [0.15, 0.2) is 42.6 Å². The largest absolute Gasteiger partial charge is 0.304 e. The molecule has 2 nitrogen and oxygen atoms in total. The molecule has 2 aromatic heterocycles. The van der Waals surface area contributed by atoms with Gasteiger partial charge in [0, 0.05) is 17.5 Å². The zero-order valence-corrected chi connectivity index (χ0v) is 11.6. The Labute approximate surface area is 113 Å². The fourth-order valence-electron chi connectivity index (χ4n) is 2.44. The number of imidazole rings is 1. The predicted octanol–water partition coefficient (Wildman–Crippen LogP) is 4.18. The SMILES string of the molecule is CCc1ccc(-c2nc3cc(C)ccn3c2C)cc1. The van der Waals surface area contributed by atoms with Crippen LogP contribution in [-0.4, -0.2) is 9.38 Å². The quantitative estimate of drug-likeness (QED) is 0.667. The molecule has 0 spiro atoms. The van der Waals surface area contributed by atoms with Crippen molar-refractivity contribution in [3.8, 4) is 11.3 Å². The van der Waals surface area contributed by atoms with Crippen LogP contribution in [0.25, 0.3) is 16.9 Å². The van der Waals surface area contributed by atoms with E-state index in [1.165, 1.54) is 22.4 Å². The highest BCUT2D eigenvalue weighted by molar-refractivity contribution is 5.66. The van der Waals surface area contributed by atoms with Gasteiger partial charge in [0.2, 0.25) is 0 Å². The van der Waals surface area contributed by atoms with E-state index in [9.17, 15) is 0 Å². The van der Waals surface area contributed by atoms with E-state index in [-0.39, 0.29) is 0 Å². The zero-order valence-electron chi connectivity index (χ0n) is 11.6. The van der Waals surface area contributed by atoms with Crippen molar-refractivity contribution in [2.75, 3.05) is 0 Å². The smallest absolute Gasteiger partial charge is 0.137 e. The van der Waals surface area contributed by atoms with Gasteiger partial charge in [-0.1, -0.05) is 31.2 Å². The van der Waals surface area contributed by atoms with Crippen molar-refractivity contribution >= 4 is 5.65 Å². The molecule has 1 aromatic carbocycles. The summed E-state index contributed by atoms with van der Waals surface area (Å²) in [6.45, 7) is 6.39. The molecule has 2 heteroatoms. The molecule has 0 bridgehead atoms.